The van der Waals surface area contributed by atoms with Crippen molar-refractivity contribution in [1.29, 1.82) is 0 Å². The van der Waals surface area contributed by atoms with Gasteiger partial charge >= 0.3 is 0 Å². The van der Waals surface area contributed by atoms with E-state index < -0.39 is 10.0 Å². The molecule has 1 aromatic rings. The van der Waals surface area contributed by atoms with Gasteiger partial charge in [0.15, 0.2) is 0 Å². The van der Waals surface area contributed by atoms with Gasteiger partial charge in [-0.3, -0.25) is 0 Å². The highest BCUT2D eigenvalue weighted by Gasteiger charge is 2.29. The molecule has 7 heteroatoms. The Hall–Kier alpha value is -1.15. The first-order valence-corrected chi connectivity index (χ1v) is 11.0. The van der Waals surface area contributed by atoms with Crippen LogP contribution in [0.15, 0.2) is 29.2 Å². The number of benzene rings is 1. The van der Waals surface area contributed by atoms with Crippen LogP contribution >= 0.6 is 0 Å². The standard InChI is InChI=1S/C19H31N3O3S/c1-20-11-4-3-5-17(20)10-12-21-13-15-22(16-14-21)26(23,24)19-8-6-18(25-2)7-9-19/h6-9,17H,3-5,10-16H2,1-2H3. The van der Waals surface area contributed by atoms with Crippen LogP contribution in [-0.2, 0) is 10.0 Å². The molecule has 0 spiro atoms. The van der Waals surface area contributed by atoms with Crippen molar-refractivity contribution in [1.82, 2.24) is 14.1 Å². The number of hydrogen-bond donors (Lipinski definition) is 0. The number of rotatable bonds is 6. The molecule has 2 saturated heterocycles. The van der Waals surface area contributed by atoms with Crippen LogP contribution in [0.25, 0.3) is 0 Å². The third kappa shape index (κ3) is 4.57. The molecule has 2 aliphatic rings. The van der Waals surface area contributed by atoms with E-state index >= 15 is 0 Å². The molecule has 0 radical (unpaired) electrons. The van der Waals surface area contributed by atoms with Gasteiger partial charge < -0.3 is 14.5 Å². The fraction of sp³-hybridized carbons (Fsp3) is 0.684. The van der Waals surface area contributed by atoms with E-state index in [1.54, 1.807) is 35.7 Å². The number of methoxy groups -OCH3 is 1. The molecule has 1 atom stereocenters. The van der Waals surface area contributed by atoms with Crippen LogP contribution in [-0.4, -0.2) is 82.0 Å². The monoisotopic (exact) mass is 381 g/mol. The third-order valence-corrected chi connectivity index (χ3v) is 7.64. The van der Waals surface area contributed by atoms with E-state index in [1.165, 1.54) is 32.2 Å². The van der Waals surface area contributed by atoms with Gasteiger partial charge in [0, 0.05) is 32.2 Å². The lowest BCUT2D eigenvalue weighted by molar-refractivity contribution is 0.136. The predicted octanol–water partition coefficient (Wildman–Crippen LogP) is 1.88. The lowest BCUT2D eigenvalue weighted by Crippen LogP contribution is -2.49. The minimum atomic E-state index is -3.41. The van der Waals surface area contributed by atoms with Gasteiger partial charge in [-0.1, -0.05) is 6.42 Å². The summed E-state index contributed by atoms with van der Waals surface area (Å²) in [5.41, 5.74) is 0. The fourth-order valence-corrected chi connectivity index (χ4v) is 5.35. The van der Waals surface area contributed by atoms with E-state index in [0.29, 0.717) is 29.8 Å². The quantitative estimate of drug-likeness (QED) is 0.753. The first-order valence-electron chi connectivity index (χ1n) is 9.57. The molecule has 26 heavy (non-hydrogen) atoms. The highest BCUT2D eigenvalue weighted by molar-refractivity contribution is 7.89. The van der Waals surface area contributed by atoms with Crippen molar-refractivity contribution in [2.24, 2.45) is 0 Å². The van der Waals surface area contributed by atoms with Gasteiger partial charge in [0.05, 0.1) is 12.0 Å². The maximum absolute atomic E-state index is 12.8. The van der Waals surface area contributed by atoms with Gasteiger partial charge in [-0.05, 0) is 63.7 Å². The van der Waals surface area contributed by atoms with Crippen molar-refractivity contribution >= 4 is 10.0 Å². The van der Waals surface area contributed by atoms with E-state index in [1.807, 2.05) is 0 Å². The van der Waals surface area contributed by atoms with Gasteiger partial charge in [0.2, 0.25) is 10.0 Å². The van der Waals surface area contributed by atoms with Crippen molar-refractivity contribution in [2.75, 3.05) is 53.4 Å². The molecule has 2 aliphatic heterocycles. The van der Waals surface area contributed by atoms with Crippen LogP contribution in [0, 0.1) is 0 Å². The number of sulfonamides is 1. The second-order valence-electron chi connectivity index (χ2n) is 7.34. The molecular weight excluding hydrogens is 350 g/mol. The number of hydrogen-bond acceptors (Lipinski definition) is 5. The maximum atomic E-state index is 12.8. The van der Waals surface area contributed by atoms with Crippen molar-refractivity contribution in [2.45, 2.75) is 36.6 Å². The highest BCUT2D eigenvalue weighted by atomic mass is 32.2. The average Bonchev–Trinajstić information content (AvgIpc) is 2.68. The summed E-state index contributed by atoms with van der Waals surface area (Å²) in [4.78, 5) is 5.23. The van der Waals surface area contributed by atoms with Crippen LogP contribution < -0.4 is 4.74 Å². The topological polar surface area (TPSA) is 53.1 Å². The molecule has 146 valence electrons. The van der Waals surface area contributed by atoms with E-state index in [-0.39, 0.29) is 0 Å². The number of piperazine rings is 1. The zero-order valence-corrected chi connectivity index (χ0v) is 16.7. The number of piperidine rings is 1. The smallest absolute Gasteiger partial charge is 0.243 e. The van der Waals surface area contributed by atoms with Gasteiger partial charge in [-0.2, -0.15) is 4.31 Å². The maximum Gasteiger partial charge on any atom is 0.243 e. The van der Waals surface area contributed by atoms with Gasteiger partial charge in [-0.15, -0.1) is 0 Å². The minimum absolute atomic E-state index is 0.343. The second-order valence-corrected chi connectivity index (χ2v) is 9.28. The molecule has 1 aromatic carbocycles. The number of nitrogens with zero attached hydrogens (tertiary/aromatic N) is 3. The number of ether oxygens (including phenoxy) is 1. The van der Waals surface area contributed by atoms with E-state index in [2.05, 4.69) is 16.8 Å². The normalized spacial score (nSPS) is 23.8. The summed E-state index contributed by atoms with van der Waals surface area (Å²) in [5, 5.41) is 0. The lowest BCUT2D eigenvalue weighted by atomic mass is 10.00. The fourth-order valence-electron chi connectivity index (χ4n) is 3.93. The Balaban J connectivity index is 1.50. The summed E-state index contributed by atoms with van der Waals surface area (Å²) in [7, 11) is 0.391. The first kappa shape index (κ1) is 19.6. The Morgan fingerprint density at radius 1 is 1.04 bits per heavy atom. The number of likely N-dealkylation sites (tertiary alicyclic amines) is 1. The van der Waals surface area contributed by atoms with Crippen LogP contribution in [0.3, 0.4) is 0 Å². The molecule has 0 aromatic heterocycles. The summed E-state index contributed by atoms with van der Waals surface area (Å²) in [6.45, 7) is 5.02. The molecule has 1 unspecified atom stereocenters. The highest BCUT2D eigenvalue weighted by Crippen LogP contribution is 2.22. The SMILES string of the molecule is COc1ccc(S(=O)(=O)N2CCN(CCC3CCCCN3C)CC2)cc1. The summed E-state index contributed by atoms with van der Waals surface area (Å²) in [6.07, 6.45) is 5.13. The molecule has 3 rings (SSSR count). The molecule has 0 amide bonds. The molecule has 0 N–H and O–H groups in total. The van der Waals surface area contributed by atoms with Crippen molar-refractivity contribution < 1.29 is 13.2 Å². The second kappa shape index (κ2) is 8.69. The molecular formula is C19H31N3O3S. The van der Waals surface area contributed by atoms with Gasteiger partial charge in [-0.25, -0.2) is 8.42 Å². The molecule has 6 nitrogen and oxygen atoms in total. The lowest BCUT2D eigenvalue weighted by Gasteiger charge is -2.37. The van der Waals surface area contributed by atoms with Crippen LogP contribution in [0.1, 0.15) is 25.7 Å². The van der Waals surface area contributed by atoms with Crippen LogP contribution in [0.5, 0.6) is 5.75 Å². The van der Waals surface area contributed by atoms with Crippen molar-refractivity contribution in [3.8, 4) is 5.75 Å². The summed E-state index contributed by atoms with van der Waals surface area (Å²) in [5.74, 6) is 0.668. The molecule has 0 aliphatic carbocycles. The Bertz CT molecular complexity index is 670. The van der Waals surface area contributed by atoms with Crippen LogP contribution in [0.4, 0.5) is 0 Å². The Kier molecular flexibility index (Phi) is 6.55. The zero-order valence-electron chi connectivity index (χ0n) is 15.9. The Labute approximate surface area is 157 Å². The minimum Gasteiger partial charge on any atom is -0.497 e. The first-order chi connectivity index (χ1) is 12.5. The Morgan fingerprint density at radius 3 is 2.35 bits per heavy atom. The van der Waals surface area contributed by atoms with E-state index in [9.17, 15) is 8.42 Å². The van der Waals surface area contributed by atoms with Gasteiger partial charge in [0.25, 0.3) is 0 Å². The Morgan fingerprint density at radius 2 is 1.73 bits per heavy atom. The molecule has 0 saturated carbocycles. The van der Waals surface area contributed by atoms with Crippen molar-refractivity contribution in [3.05, 3.63) is 24.3 Å². The summed E-state index contributed by atoms with van der Waals surface area (Å²) >= 11 is 0. The molecule has 0 bridgehead atoms. The van der Waals surface area contributed by atoms with Gasteiger partial charge in [0.1, 0.15) is 5.75 Å². The summed E-state index contributed by atoms with van der Waals surface area (Å²) in [6, 6.07) is 7.33. The molecule has 2 heterocycles. The van der Waals surface area contributed by atoms with Crippen molar-refractivity contribution in [3.63, 3.8) is 0 Å². The third-order valence-electron chi connectivity index (χ3n) is 5.73. The zero-order chi connectivity index (χ0) is 18.6. The van der Waals surface area contributed by atoms with E-state index in [0.717, 1.165) is 19.6 Å². The molecule has 2 fully saturated rings. The predicted molar refractivity (Wildman–Crippen MR) is 103 cm³/mol. The summed E-state index contributed by atoms with van der Waals surface area (Å²) < 4.78 is 32.3. The average molecular weight is 382 g/mol. The largest absolute Gasteiger partial charge is 0.497 e. The van der Waals surface area contributed by atoms with E-state index in [4.69, 9.17) is 4.74 Å². The van der Waals surface area contributed by atoms with Crippen LogP contribution in [0.2, 0.25) is 0 Å².